The second-order valence-electron chi connectivity index (χ2n) is 3.54. The third kappa shape index (κ3) is 2.31. The van der Waals surface area contributed by atoms with Crippen LogP contribution in [0.3, 0.4) is 0 Å². The van der Waals surface area contributed by atoms with Gasteiger partial charge < -0.3 is 5.11 Å². The van der Waals surface area contributed by atoms with Crippen LogP contribution in [-0.2, 0) is 4.79 Å². The molecule has 0 radical (unpaired) electrons. The molecule has 0 saturated carbocycles. The number of fused-ring (bicyclic) bond motifs is 1. The lowest BCUT2D eigenvalue weighted by atomic mass is 10.1. The van der Waals surface area contributed by atoms with Gasteiger partial charge in [-0.25, -0.2) is 0 Å². The number of hydrogen-bond acceptors (Lipinski definition) is 3. The minimum atomic E-state index is -0.913. The molecule has 0 amide bonds. The van der Waals surface area contributed by atoms with Crippen molar-refractivity contribution >= 4 is 27.4 Å². The van der Waals surface area contributed by atoms with Crippen LogP contribution in [-0.4, -0.2) is 17.6 Å². The molecule has 1 aromatic heterocycles. The Labute approximate surface area is 103 Å². The molecule has 2 N–H and O–H groups in total. The minimum absolute atomic E-state index is 0.237. The van der Waals surface area contributed by atoms with E-state index in [9.17, 15) is 9.90 Å². The summed E-state index contributed by atoms with van der Waals surface area (Å²) >= 11 is 1.54. The lowest BCUT2D eigenvalue weighted by Crippen LogP contribution is -2.28. The van der Waals surface area contributed by atoms with E-state index in [0.29, 0.717) is 0 Å². The second kappa shape index (κ2) is 5.00. The molecule has 0 aliphatic carbocycles. The Morgan fingerprint density at radius 2 is 2.29 bits per heavy atom. The van der Waals surface area contributed by atoms with E-state index in [1.54, 1.807) is 0 Å². The Balaban J connectivity index is 2.42. The molecule has 1 atom stereocenters. The van der Waals surface area contributed by atoms with E-state index < -0.39 is 12.0 Å². The first-order chi connectivity index (χ1) is 8.24. The molecule has 1 heterocycles. The predicted octanol–water partition coefficient (Wildman–Crippen LogP) is 2.25. The van der Waals surface area contributed by atoms with E-state index in [1.807, 2.05) is 29.6 Å². The number of carboxylic acid groups (broad SMARTS) is 1. The molecule has 1 unspecified atom stereocenters. The number of carbonyl (C=O) groups is 1. The molecule has 2 aromatic rings. The van der Waals surface area contributed by atoms with E-state index in [2.05, 4.69) is 11.2 Å². The van der Waals surface area contributed by atoms with Gasteiger partial charge in [0, 0.05) is 4.70 Å². The number of thiophene rings is 1. The SMILES string of the molecule is C#CCNC(C(=O)O)c1csc2ccccc12. The van der Waals surface area contributed by atoms with Gasteiger partial charge in [-0.15, -0.1) is 17.8 Å². The summed E-state index contributed by atoms with van der Waals surface area (Å²) in [5.41, 5.74) is 0.772. The molecule has 0 aliphatic heterocycles. The van der Waals surface area contributed by atoms with Crippen molar-refractivity contribution in [1.29, 1.82) is 0 Å². The van der Waals surface area contributed by atoms with Crippen molar-refractivity contribution < 1.29 is 9.90 Å². The van der Waals surface area contributed by atoms with Gasteiger partial charge in [-0.3, -0.25) is 10.1 Å². The highest BCUT2D eigenvalue weighted by atomic mass is 32.1. The normalized spacial score (nSPS) is 12.2. The van der Waals surface area contributed by atoms with Gasteiger partial charge >= 0.3 is 5.97 Å². The lowest BCUT2D eigenvalue weighted by molar-refractivity contribution is -0.139. The molecule has 0 bridgehead atoms. The summed E-state index contributed by atoms with van der Waals surface area (Å²) in [5.74, 6) is 1.48. The molecule has 4 heteroatoms. The van der Waals surface area contributed by atoms with Gasteiger partial charge in [-0.1, -0.05) is 24.1 Å². The maximum Gasteiger partial charge on any atom is 0.325 e. The fourth-order valence-electron chi connectivity index (χ4n) is 1.71. The van der Waals surface area contributed by atoms with Gasteiger partial charge in [0.05, 0.1) is 6.54 Å². The van der Waals surface area contributed by atoms with Crippen LogP contribution in [0.25, 0.3) is 10.1 Å². The van der Waals surface area contributed by atoms with Crippen molar-refractivity contribution in [2.75, 3.05) is 6.54 Å². The minimum Gasteiger partial charge on any atom is -0.480 e. The van der Waals surface area contributed by atoms with Crippen LogP contribution in [0.1, 0.15) is 11.6 Å². The Morgan fingerprint density at radius 3 is 3.00 bits per heavy atom. The molecule has 0 saturated heterocycles. The molecule has 86 valence electrons. The van der Waals surface area contributed by atoms with E-state index in [4.69, 9.17) is 6.42 Å². The van der Waals surface area contributed by atoms with Crippen LogP contribution in [0.5, 0.6) is 0 Å². The van der Waals surface area contributed by atoms with Crippen LogP contribution in [0.15, 0.2) is 29.6 Å². The first kappa shape index (κ1) is 11.6. The van der Waals surface area contributed by atoms with E-state index in [-0.39, 0.29) is 6.54 Å². The van der Waals surface area contributed by atoms with Crippen molar-refractivity contribution in [3.63, 3.8) is 0 Å². The summed E-state index contributed by atoms with van der Waals surface area (Å²) in [6.45, 7) is 0.237. The highest BCUT2D eigenvalue weighted by molar-refractivity contribution is 7.17. The molecule has 17 heavy (non-hydrogen) atoms. The van der Waals surface area contributed by atoms with E-state index >= 15 is 0 Å². The van der Waals surface area contributed by atoms with Crippen LogP contribution in [0.4, 0.5) is 0 Å². The van der Waals surface area contributed by atoms with Gasteiger partial charge in [-0.2, -0.15) is 0 Å². The quantitative estimate of drug-likeness (QED) is 0.812. The molecular weight excluding hydrogens is 234 g/mol. The maximum atomic E-state index is 11.2. The standard InChI is InChI=1S/C13H11NO2S/c1-2-7-14-12(13(15)16)10-8-17-11-6-4-3-5-9(10)11/h1,3-6,8,12,14H,7H2,(H,15,16). The highest BCUT2D eigenvalue weighted by Crippen LogP contribution is 2.30. The lowest BCUT2D eigenvalue weighted by Gasteiger charge is -2.11. The van der Waals surface area contributed by atoms with Crippen LogP contribution in [0.2, 0.25) is 0 Å². The fraction of sp³-hybridized carbons (Fsp3) is 0.154. The zero-order valence-electron chi connectivity index (χ0n) is 9.01. The summed E-state index contributed by atoms with van der Waals surface area (Å²) in [5, 5.41) is 14.9. The zero-order chi connectivity index (χ0) is 12.3. The molecule has 2 rings (SSSR count). The number of rotatable bonds is 4. The number of hydrogen-bond donors (Lipinski definition) is 2. The fourth-order valence-corrected chi connectivity index (χ4v) is 2.70. The summed E-state index contributed by atoms with van der Waals surface area (Å²) in [6, 6.07) is 6.99. The molecule has 1 aromatic carbocycles. The smallest absolute Gasteiger partial charge is 0.325 e. The van der Waals surface area contributed by atoms with Crippen molar-refractivity contribution in [2.45, 2.75) is 6.04 Å². The maximum absolute atomic E-state index is 11.2. The first-order valence-electron chi connectivity index (χ1n) is 5.10. The monoisotopic (exact) mass is 245 g/mol. The third-order valence-corrected chi connectivity index (χ3v) is 3.46. The average Bonchev–Trinajstić information content (AvgIpc) is 2.73. The van der Waals surface area contributed by atoms with Gasteiger partial charge in [0.1, 0.15) is 6.04 Å². The van der Waals surface area contributed by atoms with Crippen molar-refractivity contribution in [1.82, 2.24) is 5.32 Å². The molecular formula is C13H11NO2S. The topological polar surface area (TPSA) is 49.3 Å². The summed E-state index contributed by atoms with van der Waals surface area (Å²) < 4.78 is 1.08. The molecule has 3 nitrogen and oxygen atoms in total. The summed E-state index contributed by atoms with van der Waals surface area (Å²) in [7, 11) is 0. The van der Waals surface area contributed by atoms with Crippen molar-refractivity contribution in [3.05, 3.63) is 35.2 Å². The second-order valence-corrected chi connectivity index (χ2v) is 4.45. The summed E-state index contributed by atoms with van der Waals surface area (Å²) in [4.78, 5) is 11.2. The molecule has 0 aliphatic rings. The van der Waals surface area contributed by atoms with Crippen molar-refractivity contribution in [2.24, 2.45) is 0 Å². The van der Waals surface area contributed by atoms with Crippen LogP contribution in [0, 0.1) is 12.3 Å². The highest BCUT2D eigenvalue weighted by Gasteiger charge is 2.21. The van der Waals surface area contributed by atoms with Crippen LogP contribution < -0.4 is 5.32 Å². The van der Waals surface area contributed by atoms with E-state index in [0.717, 1.165) is 15.6 Å². The van der Waals surface area contributed by atoms with E-state index in [1.165, 1.54) is 11.3 Å². The van der Waals surface area contributed by atoms with Gasteiger partial charge in [0.2, 0.25) is 0 Å². The summed E-state index contributed by atoms with van der Waals surface area (Å²) in [6.07, 6.45) is 5.14. The number of nitrogens with one attached hydrogen (secondary N) is 1. The number of aliphatic carboxylic acids is 1. The van der Waals surface area contributed by atoms with Gasteiger partial charge in [0.15, 0.2) is 0 Å². The number of terminal acetylenes is 1. The predicted molar refractivity (Wildman–Crippen MR) is 69.0 cm³/mol. The zero-order valence-corrected chi connectivity index (χ0v) is 9.83. The van der Waals surface area contributed by atoms with Crippen molar-refractivity contribution in [3.8, 4) is 12.3 Å². The Morgan fingerprint density at radius 1 is 1.53 bits per heavy atom. The van der Waals surface area contributed by atoms with Crippen LogP contribution >= 0.6 is 11.3 Å². The molecule has 0 fully saturated rings. The van der Waals surface area contributed by atoms with Gasteiger partial charge in [0.25, 0.3) is 0 Å². The largest absolute Gasteiger partial charge is 0.480 e. The van der Waals surface area contributed by atoms with Gasteiger partial charge in [-0.05, 0) is 22.4 Å². The Kier molecular flexibility index (Phi) is 3.43. The average molecular weight is 245 g/mol. The molecule has 0 spiro atoms. The third-order valence-electron chi connectivity index (χ3n) is 2.48. The number of benzene rings is 1. The first-order valence-corrected chi connectivity index (χ1v) is 5.98. The Bertz CT molecular complexity index is 582. The number of carboxylic acids is 1. The Hall–Kier alpha value is -1.83.